The third-order valence-electron chi connectivity index (χ3n) is 3.61. The zero-order valence-electron chi connectivity index (χ0n) is 12.8. The van der Waals surface area contributed by atoms with Crippen LogP contribution in [0.4, 0.5) is 10.5 Å². The van der Waals surface area contributed by atoms with Gasteiger partial charge in [-0.15, -0.1) is 0 Å². The molecule has 1 N–H and O–H groups in total. The van der Waals surface area contributed by atoms with Gasteiger partial charge >= 0.3 is 6.03 Å². The summed E-state index contributed by atoms with van der Waals surface area (Å²) in [7, 11) is 0. The van der Waals surface area contributed by atoms with Crippen molar-refractivity contribution in [2.45, 2.75) is 6.54 Å². The number of carbonyl (C=O) groups is 2. The summed E-state index contributed by atoms with van der Waals surface area (Å²) < 4.78 is 0.903. The van der Waals surface area contributed by atoms with E-state index in [1.54, 1.807) is 6.07 Å². The normalized spacial score (nSPS) is 15.6. The van der Waals surface area contributed by atoms with Gasteiger partial charge in [-0.25, -0.2) is 4.79 Å². The van der Waals surface area contributed by atoms with Crippen LogP contribution in [0.2, 0.25) is 0 Å². The van der Waals surface area contributed by atoms with Gasteiger partial charge in [0.2, 0.25) is 0 Å². The van der Waals surface area contributed by atoms with E-state index < -0.39 is 16.9 Å². The number of non-ortho nitro benzene ring substituents is 1. The highest BCUT2D eigenvalue weighted by Crippen LogP contribution is 2.20. The van der Waals surface area contributed by atoms with Crippen molar-refractivity contribution in [3.05, 3.63) is 79.9 Å². The summed E-state index contributed by atoms with van der Waals surface area (Å²) in [5, 5.41) is 13.3. The van der Waals surface area contributed by atoms with Crippen molar-refractivity contribution in [1.82, 2.24) is 10.2 Å². The Balaban J connectivity index is 1.82. The van der Waals surface area contributed by atoms with Crippen molar-refractivity contribution < 1.29 is 14.5 Å². The van der Waals surface area contributed by atoms with E-state index >= 15 is 0 Å². The second-order valence-corrected chi connectivity index (χ2v) is 6.27. The molecule has 0 saturated carbocycles. The molecule has 1 fully saturated rings. The van der Waals surface area contributed by atoms with Gasteiger partial charge in [0.15, 0.2) is 0 Å². The van der Waals surface area contributed by atoms with E-state index in [4.69, 9.17) is 0 Å². The molecule has 1 aliphatic rings. The summed E-state index contributed by atoms with van der Waals surface area (Å²) >= 11 is 3.33. The lowest BCUT2D eigenvalue weighted by molar-refractivity contribution is -0.384. The van der Waals surface area contributed by atoms with Crippen LogP contribution in [0.25, 0.3) is 6.08 Å². The molecule has 0 spiro atoms. The molecule has 25 heavy (non-hydrogen) atoms. The molecular weight excluding hydrogens is 390 g/mol. The molecule has 2 aromatic carbocycles. The number of nitrogens with one attached hydrogen (secondary N) is 1. The molecule has 126 valence electrons. The van der Waals surface area contributed by atoms with Crippen molar-refractivity contribution >= 4 is 39.6 Å². The van der Waals surface area contributed by atoms with Crippen molar-refractivity contribution in [3.8, 4) is 0 Å². The fourth-order valence-electron chi connectivity index (χ4n) is 2.38. The average Bonchev–Trinajstić information content (AvgIpc) is 2.84. The molecule has 0 bridgehead atoms. The maximum absolute atomic E-state index is 12.4. The van der Waals surface area contributed by atoms with E-state index in [0.29, 0.717) is 5.56 Å². The minimum absolute atomic E-state index is 0.0853. The van der Waals surface area contributed by atoms with Crippen molar-refractivity contribution in [2.75, 3.05) is 0 Å². The molecule has 7 nitrogen and oxygen atoms in total. The summed E-state index contributed by atoms with van der Waals surface area (Å²) in [4.78, 5) is 35.9. The maximum Gasteiger partial charge on any atom is 0.329 e. The Hall–Kier alpha value is -3.00. The molecule has 1 saturated heterocycles. The van der Waals surface area contributed by atoms with Crippen molar-refractivity contribution in [2.24, 2.45) is 0 Å². The van der Waals surface area contributed by atoms with E-state index in [1.807, 2.05) is 24.3 Å². The summed E-state index contributed by atoms with van der Waals surface area (Å²) in [6.45, 7) is 0.143. The van der Waals surface area contributed by atoms with Gasteiger partial charge in [0.25, 0.3) is 11.6 Å². The first-order valence-electron chi connectivity index (χ1n) is 7.27. The highest BCUT2D eigenvalue weighted by atomic mass is 79.9. The fraction of sp³-hybridized carbons (Fsp3) is 0.0588. The predicted octanol–water partition coefficient (Wildman–Crippen LogP) is 3.45. The first kappa shape index (κ1) is 16.8. The highest BCUT2D eigenvalue weighted by molar-refractivity contribution is 9.10. The van der Waals surface area contributed by atoms with Crippen LogP contribution in [-0.4, -0.2) is 21.8 Å². The molecule has 0 radical (unpaired) electrons. The van der Waals surface area contributed by atoms with Crippen molar-refractivity contribution in [3.63, 3.8) is 0 Å². The molecule has 0 aliphatic carbocycles. The van der Waals surface area contributed by atoms with Gasteiger partial charge in [-0.1, -0.05) is 40.2 Å². The summed E-state index contributed by atoms with van der Waals surface area (Å²) in [6.07, 6.45) is 1.43. The van der Waals surface area contributed by atoms with E-state index in [-0.39, 0.29) is 17.9 Å². The highest BCUT2D eigenvalue weighted by Gasteiger charge is 2.33. The van der Waals surface area contributed by atoms with Gasteiger partial charge in [0, 0.05) is 16.6 Å². The number of hydrogen-bond donors (Lipinski definition) is 1. The Labute approximate surface area is 151 Å². The molecule has 1 aliphatic heterocycles. The summed E-state index contributed by atoms with van der Waals surface area (Å²) in [5.74, 6) is -0.473. The molecule has 3 amide bonds. The monoisotopic (exact) mass is 401 g/mol. The zero-order chi connectivity index (χ0) is 18.0. The number of nitrogens with zero attached hydrogens (tertiary/aromatic N) is 2. The predicted molar refractivity (Wildman–Crippen MR) is 94.3 cm³/mol. The van der Waals surface area contributed by atoms with E-state index in [1.165, 1.54) is 24.3 Å². The minimum atomic E-state index is -0.524. The molecule has 0 unspecified atom stereocenters. The molecule has 3 rings (SSSR count). The van der Waals surface area contributed by atoms with E-state index in [0.717, 1.165) is 14.9 Å². The van der Waals surface area contributed by atoms with E-state index in [9.17, 15) is 19.7 Å². The van der Waals surface area contributed by atoms with Gasteiger partial charge < -0.3 is 5.32 Å². The fourth-order valence-corrected chi connectivity index (χ4v) is 2.65. The number of urea groups is 1. The van der Waals surface area contributed by atoms with Crippen LogP contribution < -0.4 is 5.32 Å². The van der Waals surface area contributed by atoms with Gasteiger partial charge in [0.05, 0.1) is 11.5 Å². The van der Waals surface area contributed by atoms with Crippen LogP contribution in [0.5, 0.6) is 0 Å². The Morgan fingerprint density at radius 3 is 2.56 bits per heavy atom. The summed E-state index contributed by atoms with van der Waals surface area (Å²) in [5.41, 5.74) is 1.27. The van der Waals surface area contributed by atoms with Crippen LogP contribution in [0, 0.1) is 10.1 Å². The second kappa shape index (κ2) is 6.86. The minimum Gasteiger partial charge on any atom is -0.303 e. The third-order valence-corrected chi connectivity index (χ3v) is 4.14. The number of amides is 3. The number of hydrogen-bond acceptors (Lipinski definition) is 4. The SMILES string of the molecule is O=C1N/C(=C\c2cccc([N+](=O)[O-])c2)C(=O)N1Cc1ccc(Br)cc1. The topological polar surface area (TPSA) is 92.5 Å². The molecule has 2 aromatic rings. The van der Waals surface area contributed by atoms with Gasteiger partial charge in [0.1, 0.15) is 5.70 Å². The molecule has 0 aromatic heterocycles. The number of halogens is 1. The molecular formula is C17H12BrN3O4. The first-order valence-corrected chi connectivity index (χ1v) is 8.07. The lowest BCUT2D eigenvalue weighted by Gasteiger charge is -2.11. The van der Waals surface area contributed by atoms with Crippen LogP contribution in [0.1, 0.15) is 11.1 Å². The Morgan fingerprint density at radius 2 is 1.88 bits per heavy atom. The molecule has 1 heterocycles. The van der Waals surface area contributed by atoms with Crippen LogP contribution in [0.3, 0.4) is 0 Å². The second-order valence-electron chi connectivity index (χ2n) is 5.36. The number of carbonyl (C=O) groups excluding carboxylic acids is 2. The largest absolute Gasteiger partial charge is 0.329 e. The van der Waals surface area contributed by atoms with Gasteiger partial charge in [-0.2, -0.15) is 0 Å². The Bertz CT molecular complexity index is 893. The smallest absolute Gasteiger partial charge is 0.303 e. The Morgan fingerprint density at radius 1 is 1.16 bits per heavy atom. The van der Waals surface area contributed by atoms with Gasteiger partial charge in [-0.3, -0.25) is 19.8 Å². The maximum atomic E-state index is 12.4. The molecule has 0 atom stereocenters. The quantitative estimate of drug-likeness (QED) is 0.367. The van der Waals surface area contributed by atoms with Crippen LogP contribution >= 0.6 is 15.9 Å². The summed E-state index contributed by atoms with van der Waals surface area (Å²) in [6, 6.07) is 12.6. The standard InChI is InChI=1S/C17H12BrN3O4/c18-13-6-4-11(5-7-13)10-20-16(22)15(19-17(20)23)9-12-2-1-3-14(8-12)21(24)25/h1-9H,10H2,(H,19,23)/b15-9-. The van der Waals surface area contributed by atoms with E-state index in [2.05, 4.69) is 21.2 Å². The zero-order valence-corrected chi connectivity index (χ0v) is 14.4. The lowest BCUT2D eigenvalue weighted by atomic mass is 10.1. The number of nitro benzene ring substituents is 1. The third kappa shape index (κ3) is 3.74. The van der Waals surface area contributed by atoms with Crippen LogP contribution in [-0.2, 0) is 11.3 Å². The average molecular weight is 402 g/mol. The first-order chi connectivity index (χ1) is 11.9. The molecule has 8 heteroatoms. The number of rotatable bonds is 4. The van der Waals surface area contributed by atoms with Crippen molar-refractivity contribution in [1.29, 1.82) is 0 Å². The Kier molecular flexibility index (Phi) is 4.62. The number of benzene rings is 2. The van der Waals surface area contributed by atoms with Gasteiger partial charge in [-0.05, 0) is 29.3 Å². The number of imide groups is 1. The number of nitro groups is 1. The lowest BCUT2D eigenvalue weighted by Crippen LogP contribution is -2.30. The van der Waals surface area contributed by atoms with Crippen LogP contribution in [0.15, 0.2) is 58.7 Å².